The lowest BCUT2D eigenvalue weighted by molar-refractivity contribution is -0.124. The fourth-order valence-electron chi connectivity index (χ4n) is 3.12. The van der Waals surface area contributed by atoms with Gasteiger partial charge in [-0.15, -0.1) is 0 Å². The zero-order valence-electron chi connectivity index (χ0n) is 15.1. The molecule has 0 bridgehead atoms. The molecule has 1 saturated heterocycles. The Bertz CT molecular complexity index is 612. The van der Waals surface area contributed by atoms with Crippen molar-refractivity contribution in [3.05, 3.63) is 23.8 Å². The number of amides is 2. The highest BCUT2D eigenvalue weighted by Crippen LogP contribution is 2.29. The van der Waals surface area contributed by atoms with E-state index >= 15 is 0 Å². The molecule has 1 atom stereocenters. The number of nitrogens with two attached hydrogens (primary N) is 1. The van der Waals surface area contributed by atoms with Crippen molar-refractivity contribution in [3.8, 4) is 11.5 Å². The van der Waals surface area contributed by atoms with Gasteiger partial charge in [-0.2, -0.15) is 0 Å². The van der Waals surface area contributed by atoms with Crippen molar-refractivity contribution >= 4 is 11.8 Å². The van der Waals surface area contributed by atoms with Crippen molar-refractivity contribution in [2.75, 3.05) is 33.9 Å². The third-order valence-corrected chi connectivity index (χ3v) is 4.64. The maximum Gasteiger partial charge on any atom is 0.234 e. The van der Waals surface area contributed by atoms with Crippen LogP contribution in [0, 0.1) is 5.92 Å². The zero-order chi connectivity index (χ0) is 18.4. The minimum Gasteiger partial charge on any atom is -0.497 e. The molecular weight excluding hydrogens is 322 g/mol. The summed E-state index contributed by atoms with van der Waals surface area (Å²) in [5.41, 5.74) is 6.20. The average Bonchev–Trinajstić information content (AvgIpc) is 2.61. The van der Waals surface area contributed by atoms with Crippen molar-refractivity contribution in [2.45, 2.75) is 25.8 Å². The number of rotatable bonds is 7. The highest BCUT2D eigenvalue weighted by Gasteiger charge is 2.24. The van der Waals surface area contributed by atoms with E-state index in [1.165, 1.54) is 0 Å². The highest BCUT2D eigenvalue weighted by atomic mass is 16.5. The molecule has 1 aromatic rings. The van der Waals surface area contributed by atoms with E-state index < -0.39 is 0 Å². The van der Waals surface area contributed by atoms with Crippen LogP contribution in [0.5, 0.6) is 11.5 Å². The van der Waals surface area contributed by atoms with Gasteiger partial charge in [-0.1, -0.05) is 0 Å². The van der Waals surface area contributed by atoms with Gasteiger partial charge in [0.2, 0.25) is 11.8 Å². The predicted molar refractivity (Wildman–Crippen MR) is 94.5 cm³/mol. The number of hydrogen-bond acceptors (Lipinski definition) is 5. The van der Waals surface area contributed by atoms with Crippen LogP contribution in [0.25, 0.3) is 0 Å². The molecular formula is C18H27N3O4. The molecule has 1 fully saturated rings. The second kappa shape index (κ2) is 8.71. The van der Waals surface area contributed by atoms with Crippen LogP contribution in [0.4, 0.5) is 0 Å². The average molecular weight is 349 g/mol. The summed E-state index contributed by atoms with van der Waals surface area (Å²) in [6.07, 6.45) is 1.42. The summed E-state index contributed by atoms with van der Waals surface area (Å²) in [5, 5.41) is 3.00. The number of hydrogen-bond donors (Lipinski definition) is 2. The fourth-order valence-corrected chi connectivity index (χ4v) is 3.12. The number of likely N-dealkylation sites (tertiary alicyclic amines) is 1. The molecule has 1 aromatic carbocycles. The van der Waals surface area contributed by atoms with E-state index in [4.69, 9.17) is 15.2 Å². The molecule has 25 heavy (non-hydrogen) atoms. The largest absolute Gasteiger partial charge is 0.497 e. The van der Waals surface area contributed by atoms with Crippen LogP contribution >= 0.6 is 0 Å². The van der Waals surface area contributed by atoms with E-state index in [1.54, 1.807) is 14.2 Å². The lowest BCUT2D eigenvalue weighted by atomic mass is 9.96. The number of carbonyl (C=O) groups excluding carboxylic acids is 2. The SMILES string of the molecule is COc1ccc(OC)c(C(C)NC(=O)CN2CCC(C(N)=O)CC2)c1. The Labute approximate surface area is 148 Å². The van der Waals surface area contributed by atoms with Gasteiger partial charge in [0.05, 0.1) is 26.8 Å². The Morgan fingerprint density at radius 2 is 1.96 bits per heavy atom. The van der Waals surface area contributed by atoms with E-state index in [0.29, 0.717) is 44.0 Å². The highest BCUT2D eigenvalue weighted by molar-refractivity contribution is 5.79. The van der Waals surface area contributed by atoms with Gasteiger partial charge in [0.1, 0.15) is 11.5 Å². The monoisotopic (exact) mass is 349 g/mol. The van der Waals surface area contributed by atoms with E-state index in [-0.39, 0.29) is 23.8 Å². The third-order valence-electron chi connectivity index (χ3n) is 4.64. The molecule has 138 valence electrons. The van der Waals surface area contributed by atoms with Gasteiger partial charge in [0.15, 0.2) is 0 Å². The van der Waals surface area contributed by atoms with E-state index in [2.05, 4.69) is 5.32 Å². The van der Waals surface area contributed by atoms with Crippen molar-refractivity contribution in [3.63, 3.8) is 0 Å². The van der Waals surface area contributed by atoms with Crippen molar-refractivity contribution in [2.24, 2.45) is 11.7 Å². The van der Waals surface area contributed by atoms with Crippen LogP contribution in [0.1, 0.15) is 31.4 Å². The summed E-state index contributed by atoms with van der Waals surface area (Å²) in [6.45, 7) is 3.63. The van der Waals surface area contributed by atoms with Gasteiger partial charge >= 0.3 is 0 Å². The van der Waals surface area contributed by atoms with Gasteiger partial charge in [0, 0.05) is 11.5 Å². The number of piperidine rings is 1. The molecule has 2 amide bonds. The summed E-state index contributed by atoms with van der Waals surface area (Å²) < 4.78 is 10.6. The Kier molecular flexibility index (Phi) is 6.64. The van der Waals surface area contributed by atoms with Crippen molar-refractivity contribution < 1.29 is 19.1 Å². The van der Waals surface area contributed by atoms with E-state index in [9.17, 15) is 9.59 Å². The predicted octanol–water partition coefficient (Wildman–Crippen LogP) is 1.08. The smallest absolute Gasteiger partial charge is 0.234 e. The molecule has 7 nitrogen and oxygen atoms in total. The molecule has 1 aliphatic heterocycles. The molecule has 7 heteroatoms. The van der Waals surface area contributed by atoms with Gasteiger partial charge in [-0.25, -0.2) is 0 Å². The molecule has 0 saturated carbocycles. The molecule has 2 rings (SSSR count). The number of methoxy groups -OCH3 is 2. The standard InChI is InChI=1S/C18H27N3O4/c1-12(15-10-14(24-2)4-5-16(15)25-3)20-17(22)11-21-8-6-13(7-9-21)18(19)23/h4-5,10,12-13H,6-9,11H2,1-3H3,(H2,19,23)(H,20,22). The number of nitrogens with one attached hydrogen (secondary N) is 1. The summed E-state index contributed by atoms with van der Waals surface area (Å²) >= 11 is 0. The maximum atomic E-state index is 12.3. The molecule has 0 radical (unpaired) electrons. The second-order valence-electron chi connectivity index (χ2n) is 6.35. The number of ether oxygens (including phenoxy) is 2. The summed E-state index contributed by atoms with van der Waals surface area (Å²) in [6, 6.07) is 5.30. The molecule has 1 unspecified atom stereocenters. The first-order chi connectivity index (χ1) is 11.9. The molecule has 0 aliphatic carbocycles. The van der Waals surface area contributed by atoms with Crippen LogP contribution in [-0.4, -0.2) is 50.6 Å². The molecule has 0 aromatic heterocycles. The van der Waals surface area contributed by atoms with Crippen LogP contribution in [0.15, 0.2) is 18.2 Å². The quantitative estimate of drug-likeness (QED) is 0.768. The molecule has 1 aliphatic rings. The van der Waals surface area contributed by atoms with E-state index in [0.717, 1.165) is 5.56 Å². The Hall–Kier alpha value is -2.28. The van der Waals surface area contributed by atoms with Gasteiger partial charge < -0.3 is 20.5 Å². The summed E-state index contributed by atoms with van der Waals surface area (Å²) in [4.78, 5) is 25.6. The van der Waals surface area contributed by atoms with Crippen LogP contribution in [0.3, 0.4) is 0 Å². The topological polar surface area (TPSA) is 93.9 Å². The maximum absolute atomic E-state index is 12.3. The molecule has 1 heterocycles. The summed E-state index contributed by atoms with van der Waals surface area (Å²) in [5.74, 6) is 1.04. The van der Waals surface area contributed by atoms with Gasteiger partial charge in [-0.05, 0) is 51.1 Å². The number of primary amides is 1. The van der Waals surface area contributed by atoms with Gasteiger partial charge in [-0.3, -0.25) is 14.5 Å². The summed E-state index contributed by atoms with van der Waals surface area (Å²) in [7, 11) is 3.20. The van der Waals surface area contributed by atoms with Crippen LogP contribution in [-0.2, 0) is 9.59 Å². The Morgan fingerprint density at radius 1 is 1.28 bits per heavy atom. The van der Waals surface area contributed by atoms with Crippen LogP contribution in [0.2, 0.25) is 0 Å². The zero-order valence-corrected chi connectivity index (χ0v) is 15.1. The molecule has 0 spiro atoms. The fraction of sp³-hybridized carbons (Fsp3) is 0.556. The minimum atomic E-state index is -0.247. The lowest BCUT2D eigenvalue weighted by Crippen LogP contribution is -2.44. The lowest BCUT2D eigenvalue weighted by Gasteiger charge is -2.30. The normalized spacial score (nSPS) is 16.9. The first kappa shape index (κ1) is 19.1. The Balaban J connectivity index is 1.91. The number of benzene rings is 1. The second-order valence-corrected chi connectivity index (χ2v) is 6.35. The third kappa shape index (κ3) is 5.09. The number of carbonyl (C=O) groups is 2. The van der Waals surface area contributed by atoms with E-state index in [1.807, 2.05) is 30.0 Å². The molecule has 3 N–H and O–H groups in total. The van der Waals surface area contributed by atoms with Crippen molar-refractivity contribution in [1.29, 1.82) is 0 Å². The van der Waals surface area contributed by atoms with Gasteiger partial charge in [0.25, 0.3) is 0 Å². The first-order valence-electron chi connectivity index (χ1n) is 8.47. The van der Waals surface area contributed by atoms with Crippen LogP contribution < -0.4 is 20.5 Å². The van der Waals surface area contributed by atoms with Crippen molar-refractivity contribution in [1.82, 2.24) is 10.2 Å². The Morgan fingerprint density at radius 3 is 2.52 bits per heavy atom. The first-order valence-corrected chi connectivity index (χ1v) is 8.47. The number of nitrogens with zero attached hydrogens (tertiary/aromatic N) is 1. The minimum absolute atomic E-state index is 0.0603.